The Labute approximate surface area is 281 Å². The first-order valence-electron chi connectivity index (χ1n) is 14.8. The molecule has 0 radical (unpaired) electrons. The van der Waals surface area contributed by atoms with Crippen LogP contribution in [-0.4, -0.2) is 69.3 Å². The zero-order valence-corrected chi connectivity index (χ0v) is 28.8. The Morgan fingerprint density at radius 2 is 1.24 bits per heavy atom. The molecular weight excluding hydrogens is 635 g/mol. The zero-order chi connectivity index (χ0) is 33.2. The molecule has 4 atom stereocenters. The minimum absolute atomic E-state index is 0.0170. The van der Waals surface area contributed by atoms with Crippen LogP contribution < -0.4 is 0 Å². The number of terminal acetylenes is 1. The molecule has 2 aliphatic heterocycles. The first kappa shape index (κ1) is 34.7. The number of rotatable bonds is 0. The third-order valence-corrected chi connectivity index (χ3v) is 8.35. The SMILES string of the molecule is C#CC12CC1CN(C(=O)OC(C)(C)C)C2.CC(C)(C)OC(=O)N1CC2CC2(C#Cc2cccc(Cl)n2)C1.Clc1cccc(Cl)n1. The second-order valence-electron chi connectivity index (χ2n) is 13.9. The van der Waals surface area contributed by atoms with Crippen LogP contribution in [-0.2, 0) is 9.47 Å². The summed E-state index contributed by atoms with van der Waals surface area (Å²) in [5.74, 6) is 10.2. The molecule has 2 aromatic heterocycles. The summed E-state index contributed by atoms with van der Waals surface area (Å²) in [7, 11) is 0. The Morgan fingerprint density at radius 1 is 0.800 bits per heavy atom. The van der Waals surface area contributed by atoms with Crippen molar-refractivity contribution in [3.63, 3.8) is 0 Å². The normalized spacial score (nSPS) is 25.4. The minimum atomic E-state index is -0.465. The van der Waals surface area contributed by atoms with Crippen molar-refractivity contribution < 1.29 is 19.1 Å². The van der Waals surface area contributed by atoms with E-state index in [1.807, 2.05) is 53.7 Å². The summed E-state index contributed by atoms with van der Waals surface area (Å²) in [6, 6.07) is 10.5. The number of pyridine rings is 2. The second-order valence-corrected chi connectivity index (χ2v) is 15.0. The number of fused-ring (bicyclic) bond motifs is 2. The fraction of sp³-hybridized carbons (Fsp3) is 0.529. The van der Waals surface area contributed by atoms with Crippen molar-refractivity contribution in [2.45, 2.75) is 65.6 Å². The molecule has 2 aliphatic carbocycles. The first-order valence-corrected chi connectivity index (χ1v) is 15.9. The molecule has 4 heterocycles. The number of piperidine rings is 2. The Balaban J connectivity index is 0.000000172. The number of carbonyl (C=O) groups excluding carboxylic acids is 2. The van der Waals surface area contributed by atoms with Gasteiger partial charge in [-0.25, -0.2) is 19.6 Å². The van der Waals surface area contributed by atoms with Gasteiger partial charge in [0.25, 0.3) is 0 Å². The van der Waals surface area contributed by atoms with Crippen molar-refractivity contribution in [2.24, 2.45) is 22.7 Å². The average Bonchev–Trinajstić information content (AvgIpc) is 3.71. The van der Waals surface area contributed by atoms with Crippen LogP contribution in [0.15, 0.2) is 36.4 Å². The van der Waals surface area contributed by atoms with Gasteiger partial charge in [-0.1, -0.05) is 58.8 Å². The molecule has 0 bridgehead atoms. The Bertz CT molecular complexity index is 1520. The largest absolute Gasteiger partial charge is 0.444 e. The highest BCUT2D eigenvalue weighted by Crippen LogP contribution is 2.58. The standard InChI is InChI=1S/C17H19ClN2O2.C12H17NO2.C5H3Cl2N/c1-16(2,3)22-15(21)20-10-12-9-17(12,11-20)8-7-13-5-4-6-14(18)19-13;1-5-12-6-9(12)7-13(8-12)10(14)15-11(2,3)4;6-4-2-1-3-5(7)8-4/h4-6,12H,9-11H2,1-3H3;1,9H,6-8H2,2-4H3;1-3H. The van der Waals surface area contributed by atoms with Gasteiger partial charge < -0.3 is 19.3 Å². The number of carbonyl (C=O) groups is 2. The maximum atomic E-state index is 12.1. The number of likely N-dealkylation sites (tertiary alicyclic amines) is 2. The van der Waals surface area contributed by atoms with E-state index in [4.69, 9.17) is 50.7 Å². The quantitative estimate of drug-likeness (QED) is 0.212. The molecule has 4 unspecified atom stereocenters. The molecule has 0 aromatic carbocycles. The molecule has 4 fully saturated rings. The number of nitrogens with zero attached hydrogens (tertiary/aromatic N) is 4. The lowest BCUT2D eigenvalue weighted by Gasteiger charge is -2.25. The lowest BCUT2D eigenvalue weighted by atomic mass is 10.1. The summed E-state index contributed by atoms with van der Waals surface area (Å²) < 4.78 is 10.7. The monoisotopic (exact) mass is 672 g/mol. The summed E-state index contributed by atoms with van der Waals surface area (Å²) in [6.45, 7) is 14.1. The van der Waals surface area contributed by atoms with Crippen LogP contribution in [0.3, 0.4) is 0 Å². The third kappa shape index (κ3) is 9.66. The van der Waals surface area contributed by atoms with E-state index in [1.54, 1.807) is 34.1 Å². The van der Waals surface area contributed by atoms with Crippen molar-refractivity contribution >= 4 is 47.0 Å². The van der Waals surface area contributed by atoms with Crippen LogP contribution in [0.4, 0.5) is 9.59 Å². The predicted molar refractivity (Wildman–Crippen MR) is 176 cm³/mol. The molecule has 45 heavy (non-hydrogen) atoms. The fourth-order valence-electron chi connectivity index (χ4n) is 5.37. The highest BCUT2D eigenvalue weighted by atomic mass is 35.5. The van der Waals surface area contributed by atoms with Gasteiger partial charge in [0.1, 0.15) is 32.4 Å². The Kier molecular flexibility index (Phi) is 10.2. The molecule has 8 nitrogen and oxygen atoms in total. The molecule has 11 heteroatoms. The lowest BCUT2D eigenvalue weighted by molar-refractivity contribution is 0.0258. The van der Waals surface area contributed by atoms with Gasteiger partial charge in [-0.2, -0.15) is 0 Å². The number of amides is 2. The van der Waals surface area contributed by atoms with Gasteiger partial charge in [-0.3, -0.25) is 0 Å². The number of hydrogen-bond donors (Lipinski definition) is 0. The molecule has 4 aliphatic rings. The van der Waals surface area contributed by atoms with E-state index in [2.05, 4.69) is 27.7 Å². The van der Waals surface area contributed by atoms with E-state index in [0.717, 1.165) is 25.9 Å². The highest BCUT2D eigenvalue weighted by Gasteiger charge is 2.61. The maximum absolute atomic E-state index is 12.1. The van der Waals surface area contributed by atoms with E-state index in [9.17, 15) is 9.59 Å². The van der Waals surface area contributed by atoms with Gasteiger partial charge in [0.05, 0.1) is 10.8 Å². The zero-order valence-electron chi connectivity index (χ0n) is 26.5. The molecule has 6 rings (SSSR count). The van der Waals surface area contributed by atoms with Crippen molar-refractivity contribution in [2.75, 3.05) is 26.2 Å². The third-order valence-electron chi connectivity index (χ3n) is 7.72. The topological polar surface area (TPSA) is 84.9 Å². The van der Waals surface area contributed by atoms with Gasteiger partial charge in [0.15, 0.2) is 0 Å². The number of halogens is 3. The van der Waals surface area contributed by atoms with Crippen molar-refractivity contribution in [1.82, 2.24) is 19.8 Å². The van der Waals surface area contributed by atoms with Gasteiger partial charge in [-0.05, 0) is 96.4 Å². The summed E-state index contributed by atoms with van der Waals surface area (Å²) in [6.07, 6.45) is 7.10. The highest BCUT2D eigenvalue weighted by molar-refractivity contribution is 6.32. The van der Waals surface area contributed by atoms with Gasteiger partial charge in [0.2, 0.25) is 0 Å². The lowest BCUT2D eigenvalue weighted by Crippen LogP contribution is -2.37. The fourth-order valence-corrected chi connectivity index (χ4v) is 5.90. The number of aromatic nitrogens is 2. The summed E-state index contributed by atoms with van der Waals surface area (Å²) in [5.41, 5.74) is -0.318. The molecule has 0 N–H and O–H groups in total. The molecule has 2 saturated carbocycles. The van der Waals surface area contributed by atoms with Gasteiger partial charge >= 0.3 is 12.2 Å². The summed E-state index contributed by atoms with van der Waals surface area (Å²) in [4.78, 5) is 35.2. The van der Waals surface area contributed by atoms with Crippen LogP contribution in [0.2, 0.25) is 15.5 Å². The van der Waals surface area contributed by atoms with E-state index >= 15 is 0 Å². The van der Waals surface area contributed by atoms with Crippen LogP contribution in [0.25, 0.3) is 0 Å². The van der Waals surface area contributed by atoms with E-state index in [0.29, 0.717) is 46.1 Å². The number of hydrogen-bond acceptors (Lipinski definition) is 6. The Morgan fingerprint density at radius 3 is 1.67 bits per heavy atom. The van der Waals surface area contributed by atoms with Gasteiger partial charge in [-0.15, -0.1) is 6.42 Å². The van der Waals surface area contributed by atoms with Crippen molar-refractivity contribution in [3.8, 4) is 24.2 Å². The van der Waals surface area contributed by atoms with Crippen LogP contribution in [0.5, 0.6) is 0 Å². The van der Waals surface area contributed by atoms with Crippen LogP contribution in [0.1, 0.15) is 60.1 Å². The van der Waals surface area contributed by atoms with Crippen molar-refractivity contribution in [1.29, 1.82) is 0 Å². The summed E-state index contributed by atoms with van der Waals surface area (Å²) >= 11 is 16.8. The molecule has 2 amide bonds. The number of ether oxygens (including phenoxy) is 2. The predicted octanol–water partition coefficient (Wildman–Crippen LogP) is 7.61. The van der Waals surface area contributed by atoms with Crippen molar-refractivity contribution in [3.05, 3.63) is 57.6 Å². The Hall–Kier alpha value is -3.17. The van der Waals surface area contributed by atoms with E-state index < -0.39 is 11.2 Å². The average molecular weight is 674 g/mol. The van der Waals surface area contributed by atoms with Crippen LogP contribution in [0, 0.1) is 46.9 Å². The molecular formula is C34H39Cl3N4O4. The smallest absolute Gasteiger partial charge is 0.410 e. The van der Waals surface area contributed by atoms with Crippen LogP contribution >= 0.6 is 34.8 Å². The van der Waals surface area contributed by atoms with E-state index in [-0.39, 0.29) is 23.0 Å². The first-order chi connectivity index (χ1) is 20.9. The van der Waals surface area contributed by atoms with Gasteiger partial charge in [0, 0.05) is 26.2 Å². The van der Waals surface area contributed by atoms with E-state index in [1.165, 1.54) is 0 Å². The molecule has 240 valence electrons. The maximum Gasteiger partial charge on any atom is 0.410 e. The minimum Gasteiger partial charge on any atom is -0.444 e. The second kappa shape index (κ2) is 13.3. The molecule has 0 spiro atoms. The molecule has 2 aromatic rings. The summed E-state index contributed by atoms with van der Waals surface area (Å²) in [5, 5.41) is 1.30. The molecule has 2 saturated heterocycles.